The average molecular weight is 363 g/mol. The third-order valence-corrected chi connectivity index (χ3v) is 5.53. The van der Waals surface area contributed by atoms with Crippen molar-refractivity contribution in [3.05, 3.63) is 35.9 Å². The highest BCUT2D eigenvalue weighted by atomic mass is 32.2. The Bertz CT molecular complexity index is 718. The van der Waals surface area contributed by atoms with Crippen molar-refractivity contribution in [1.29, 1.82) is 0 Å². The van der Waals surface area contributed by atoms with Crippen LogP contribution < -0.4 is 16.0 Å². The normalized spacial score (nSPS) is 14.7. The van der Waals surface area contributed by atoms with Gasteiger partial charge in [0.1, 0.15) is 5.25 Å². The molecule has 2 aromatic rings. The van der Waals surface area contributed by atoms with Crippen LogP contribution in [-0.4, -0.2) is 35.2 Å². The SMILES string of the molecule is CNC(=O)NC(=O)[C@H](Sc1nnc(NC2CC2)s1)c1ccccc1. The molecule has 0 radical (unpaired) electrons. The van der Waals surface area contributed by atoms with Crippen molar-refractivity contribution in [1.82, 2.24) is 20.8 Å². The van der Waals surface area contributed by atoms with Gasteiger partial charge in [-0.25, -0.2) is 4.79 Å². The Morgan fingerprint density at radius 3 is 2.67 bits per heavy atom. The zero-order valence-corrected chi connectivity index (χ0v) is 14.6. The predicted molar refractivity (Wildman–Crippen MR) is 94.2 cm³/mol. The van der Waals surface area contributed by atoms with Crippen LogP contribution in [0.2, 0.25) is 0 Å². The first-order chi connectivity index (χ1) is 11.7. The van der Waals surface area contributed by atoms with Gasteiger partial charge >= 0.3 is 6.03 Å². The maximum absolute atomic E-state index is 12.5. The van der Waals surface area contributed by atoms with Gasteiger partial charge in [-0.15, -0.1) is 10.2 Å². The van der Waals surface area contributed by atoms with Crippen molar-refractivity contribution in [2.45, 2.75) is 28.5 Å². The summed E-state index contributed by atoms with van der Waals surface area (Å²) in [4.78, 5) is 23.9. The van der Waals surface area contributed by atoms with Gasteiger partial charge in [0.2, 0.25) is 11.0 Å². The zero-order valence-electron chi connectivity index (χ0n) is 13.0. The van der Waals surface area contributed by atoms with E-state index in [0.717, 1.165) is 23.5 Å². The van der Waals surface area contributed by atoms with Crippen LogP contribution in [0.3, 0.4) is 0 Å². The number of amides is 3. The van der Waals surface area contributed by atoms with Gasteiger partial charge in [0.05, 0.1) is 0 Å². The van der Waals surface area contributed by atoms with Crippen LogP contribution in [0.25, 0.3) is 0 Å². The molecule has 24 heavy (non-hydrogen) atoms. The van der Waals surface area contributed by atoms with Crippen LogP contribution in [0.5, 0.6) is 0 Å². The average Bonchev–Trinajstić information content (AvgIpc) is 3.30. The molecule has 9 heteroatoms. The number of nitrogens with zero attached hydrogens (tertiary/aromatic N) is 2. The number of thioether (sulfide) groups is 1. The smallest absolute Gasteiger partial charge is 0.321 e. The van der Waals surface area contributed by atoms with Gasteiger partial charge in [-0.1, -0.05) is 53.4 Å². The number of carbonyl (C=O) groups excluding carboxylic acids is 2. The number of anilines is 1. The van der Waals surface area contributed by atoms with E-state index >= 15 is 0 Å². The molecule has 1 atom stereocenters. The van der Waals surface area contributed by atoms with Gasteiger partial charge in [-0.2, -0.15) is 0 Å². The quantitative estimate of drug-likeness (QED) is 0.682. The van der Waals surface area contributed by atoms with Gasteiger partial charge in [0, 0.05) is 13.1 Å². The molecule has 1 aromatic carbocycles. The van der Waals surface area contributed by atoms with E-state index in [2.05, 4.69) is 26.1 Å². The fourth-order valence-electron chi connectivity index (χ4n) is 1.96. The molecule has 3 amide bonds. The second-order valence-corrected chi connectivity index (χ2v) is 7.60. The van der Waals surface area contributed by atoms with E-state index in [1.54, 1.807) is 0 Å². The molecule has 1 fully saturated rings. The highest BCUT2D eigenvalue weighted by Crippen LogP contribution is 2.38. The monoisotopic (exact) mass is 363 g/mol. The number of nitrogens with one attached hydrogen (secondary N) is 3. The number of rotatable bonds is 6. The summed E-state index contributed by atoms with van der Waals surface area (Å²) >= 11 is 2.70. The van der Waals surface area contributed by atoms with Gasteiger partial charge in [-0.05, 0) is 18.4 Å². The lowest BCUT2D eigenvalue weighted by Gasteiger charge is -2.14. The minimum absolute atomic E-state index is 0.391. The Morgan fingerprint density at radius 1 is 1.25 bits per heavy atom. The van der Waals surface area contributed by atoms with E-state index in [9.17, 15) is 9.59 Å². The molecule has 0 spiro atoms. The van der Waals surface area contributed by atoms with Gasteiger partial charge < -0.3 is 10.6 Å². The lowest BCUT2D eigenvalue weighted by atomic mass is 10.1. The minimum Gasteiger partial charge on any atom is -0.357 e. The maximum atomic E-state index is 12.5. The van der Waals surface area contributed by atoms with E-state index in [1.807, 2.05) is 30.3 Å². The molecule has 0 bridgehead atoms. The van der Waals surface area contributed by atoms with E-state index < -0.39 is 17.2 Å². The van der Waals surface area contributed by atoms with Crippen LogP contribution in [0.4, 0.5) is 9.93 Å². The predicted octanol–water partition coefficient (Wildman–Crippen LogP) is 2.40. The highest BCUT2D eigenvalue weighted by Gasteiger charge is 2.26. The van der Waals surface area contributed by atoms with E-state index in [0.29, 0.717) is 10.4 Å². The number of urea groups is 1. The first-order valence-corrected chi connectivity index (χ1v) is 9.19. The zero-order chi connectivity index (χ0) is 16.9. The fourth-order valence-corrected chi connectivity index (χ4v) is 3.98. The molecule has 1 heterocycles. The Morgan fingerprint density at radius 2 is 2.00 bits per heavy atom. The Kier molecular flexibility index (Phi) is 5.31. The molecule has 0 saturated heterocycles. The molecular weight excluding hydrogens is 346 g/mol. The third kappa shape index (κ3) is 4.45. The highest BCUT2D eigenvalue weighted by molar-refractivity contribution is 8.01. The summed E-state index contributed by atoms with van der Waals surface area (Å²) < 4.78 is 0.680. The molecule has 0 unspecified atom stereocenters. The molecule has 3 rings (SSSR count). The summed E-state index contributed by atoms with van der Waals surface area (Å²) in [5.74, 6) is -0.391. The van der Waals surface area contributed by atoms with Crippen molar-refractivity contribution >= 4 is 40.2 Å². The topological polar surface area (TPSA) is 96.0 Å². The summed E-state index contributed by atoms with van der Waals surface area (Å²) in [6.07, 6.45) is 2.31. The molecule has 1 saturated carbocycles. The maximum Gasteiger partial charge on any atom is 0.321 e. The largest absolute Gasteiger partial charge is 0.357 e. The number of hydrogen-bond donors (Lipinski definition) is 3. The Labute approximate surface area is 147 Å². The van der Waals surface area contributed by atoms with Crippen LogP contribution in [0.15, 0.2) is 34.7 Å². The Hall–Kier alpha value is -2.13. The first-order valence-electron chi connectivity index (χ1n) is 7.50. The second kappa shape index (κ2) is 7.63. The molecule has 7 nitrogen and oxygen atoms in total. The van der Waals surface area contributed by atoms with Crippen molar-refractivity contribution in [2.75, 3.05) is 12.4 Å². The van der Waals surface area contributed by atoms with Crippen LogP contribution in [0, 0.1) is 0 Å². The third-order valence-electron chi connectivity index (χ3n) is 3.33. The molecule has 1 aromatic heterocycles. The van der Waals surface area contributed by atoms with E-state index in [-0.39, 0.29) is 0 Å². The van der Waals surface area contributed by atoms with Gasteiger partial charge in [0.25, 0.3) is 0 Å². The number of aromatic nitrogens is 2. The Balaban J connectivity index is 1.74. The van der Waals surface area contributed by atoms with Crippen molar-refractivity contribution in [2.24, 2.45) is 0 Å². The summed E-state index contributed by atoms with van der Waals surface area (Å²) in [6.45, 7) is 0. The first kappa shape index (κ1) is 16.7. The standard InChI is InChI=1S/C15H17N5O2S2/c1-16-13(22)18-12(21)11(9-5-3-2-4-6-9)23-15-20-19-14(24-15)17-10-7-8-10/h2-6,10-11H,7-8H2,1H3,(H,17,19)(H2,16,18,21,22)/t11-/m1/s1. The van der Waals surface area contributed by atoms with Gasteiger partial charge in [-0.3, -0.25) is 10.1 Å². The number of hydrogen-bond acceptors (Lipinski definition) is 7. The van der Waals surface area contributed by atoms with Crippen LogP contribution >= 0.6 is 23.1 Å². The van der Waals surface area contributed by atoms with Crippen molar-refractivity contribution in [3.8, 4) is 0 Å². The summed E-state index contributed by atoms with van der Waals surface area (Å²) in [5, 5.41) is 16.4. The fraction of sp³-hybridized carbons (Fsp3) is 0.333. The molecule has 3 N–H and O–H groups in total. The molecule has 0 aliphatic heterocycles. The number of carbonyl (C=O) groups is 2. The van der Waals surface area contributed by atoms with Crippen molar-refractivity contribution < 1.29 is 9.59 Å². The number of imide groups is 1. The van der Waals surface area contributed by atoms with E-state index in [4.69, 9.17) is 0 Å². The lowest BCUT2D eigenvalue weighted by molar-refractivity contribution is -0.119. The molecule has 126 valence electrons. The van der Waals surface area contributed by atoms with E-state index in [1.165, 1.54) is 30.1 Å². The molecule has 1 aliphatic rings. The van der Waals surface area contributed by atoms with Crippen molar-refractivity contribution in [3.63, 3.8) is 0 Å². The van der Waals surface area contributed by atoms with Gasteiger partial charge in [0.15, 0.2) is 4.34 Å². The summed E-state index contributed by atoms with van der Waals surface area (Å²) in [7, 11) is 1.47. The molecular formula is C15H17N5O2S2. The molecule has 1 aliphatic carbocycles. The minimum atomic E-state index is -0.578. The number of benzene rings is 1. The van der Waals surface area contributed by atoms with Crippen LogP contribution in [-0.2, 0) is 4.79 Å². The lowest BCUT2D eigenvalue weighted by Crippen LogP contribution is -2.39. The second-order valence-electron chi connectivity index (χ2n) is 5.27. The van der Waals surface area contributed by atoms with Crippen LogP contribution in [0.1, 0.15) is 23.7 Å². The summed E-state index contributed by atoms with van der Waals surface area (Å²) in [6, 6.07) is 9.26. The summed E-state index contributed by atoms with van der Waals surface area (Å²) in [5.41, 5.74) is 0.802.